The summed E-state index contributed by atoms with van der Waals surface area (Å²) in [6.45, 7) is 6.01. The molecule has 4 nitrogen and oxygen atoms in total. The highest BCUT2D eigenvalue weighted by molar-refractivity contribution is 5.74. The lowest BCUT2D eigenvalue weighted by molar-refractivity contribution is 0.193. The highest BCUT2D eigenvalue weighted by Gasteiger charge is 2.26. The molecular weight excluding hydrogens is 228 g/mol. The molecule has 0 aromatic heterocycles. The number of aliphatic hydroxyl groups is 1. The molecule has 18 heavy (non-hydrogen) atoms. The number of hydrogen-bond acceptors (Lipinski definition) is 2. The molecule has 0 radical (unpaired) electrons. The summed E-state index contributed by atoms with van der Waals surface area (Å²) < 4.78 is 0. The number of nitrogens with zero attached hydrogens (tertiary/aromatic N) is 1. The summed E-state index contributed by atoms with van der Waals surface area (Å²) in [6, 6.07) is 0.371. The van der Waals surface area contributed by atoms with E-state index < -0.39 is 0 Å². The van der Waals surface area contributed by atoms with Crippen molar-refractivity contribution in [3.8, 4) is 0 Å². The van der Waals surface area contributed by atoms with E-state index in [4.69, 9.17) is 5.11 Å². The second-order valence-electron chi connectivity index (χ2n) is 5.36. The molecule has 1 fully saturated rings. The first kappa shape index (κ1) is 15.3. The molecule has 106 valence electrons. The largest absolute Gasteiger partial charge is 0.396 e. The minimum atomic E-state index is 0.0560. The quantitative estimate of drug-likeness (QED) is 0.734. The summed E-state index contributed by atoms with van der Waals surface area (Å²) in [7, 11) is 0. The van der Waals surface area contributed by atoms with Gasteiger partial charge in [0.05, 0.1) is 0 Å². The lowest BCUT2D eigenvalue weighted by Gasteiger charge is -2.23. The van der Waals surface area contributed by atoms with Crippen molar-refractivity contribution >= 4 is 6.03 Å². The zero-order chi connectivity index (χ0) is 13.4. The maximum absolute atomic E-state index is 12.1. The molecule has 2 amide bonds. The maximum atomic E-state index is 12.1. The predicted octanol–water partition coefficient (Wildman–Crippen LogP) is 2.37. The number of carbonyl (C=O) groups excluding carboxylic acids is 1. The average molecular weight is 256 g/mol. The van der Waals surface area contributed by atoms with Crippen molar-refractivity contribution in [2.45, 2.75) is 58.4 Å². The van der Waals surface area contributed by atoms with Gasteiger partial charge in [-0.1, -0.05) is 33.1 Å². The highest BCUT2D eigenvalue weighted by atomic mass is 16.3. The number of nitrogens with one attached hydrogen (secondary N) is 1. The van der Waals surface area contributed by atoms with Crippen LogP contribution in [0.5, 0.6) is 0 Å². The third-order valence-corrected chi connectivity index (χ3v) is 3.70. The zero-order valence-electron chi connectivity index (χ0n) is 11.8. The highest BCUT2D eigenvalue weighted by Crippen LogP contribution is 2.16. The summed E-state index contributed by atoms with van der Waals surface area (Å²) in [6.07, 6.45) is 6.51. The van der Waals surface area contributed by atoms with E-state index in [0.29, 0.717) is 12.6 Å². The monoisotopic (exact) mass is 256 g/mol. The Morgan fingerprint density at radius 2 is 2.17 bits per heavy atom. The Bertz CT molecular complexity index is 246. The molecule has 1 aliphatic heterocycles. The topological polar surface area (TPSA) is 52.6 Å². The summed E-state index contributed by atoms with van der Waals surface area (Å²) in [5, 5.41) is 12.2. The van der Waals surface area contributed by atoms with Gasteiger partial charge in [0.15, 0.2) is 0 Å². The van der Waals surface area contributed by atoms with E-state index in [1.807, 2.05) is 4.90 Å². The van der Waals surface area contributed by atoms with Gasteiger partial charge in [-0.05, 0) is 19.3 Å². The van der Waals surface area contributed by atoms with Crippen molar-refractivity contribution < 1.29 is 9.90 Å². The van der Waals surface area contributed by atoms with E-state index in [-0.39, 0.29) is 18.6 Å². The molecule has 1 heterocycles. The summed E-state index contributed by atoms with van der Waals surface area (Å²) in [5.41, 5.74) is 0. The summed E-state index contributed by atoms with van der Waals surface area (Å²) in [5.74, 6) is 0.274. The van der Waals surface area contributed by atoms with E-state index >= 15 is 0 Å². The Hall–Kier alpha value is -0.770. The second kappa shape index (κ2) is 8.35. The molecule has 2 N–H and O–H groups in total. The van der Waals surface area contributed by atoms with Crippen LogP contribution >= 0.6 is 0 Å². The van der Waals surface area contributed by atoms with Crippen LogP contribution in [0, 0.1) is 5.92 Å². The van der Waals surface area contributed by atoms with Crippen LogP contribution in [0.1, 0.15) is 52.4 Å². The standard InChI is InChI=1S/C14H28N2O2/c1-3-5-7-13(6-4-2)15-14(18)16-9-8-12(10-16)11-17/h12-13,17H,3-11H2,1-2H3,(H,15,18). The van der Waals surface area contributed by atoms with Gasteiger partial charge in [-0.15, -0.1) is 0 Å². The van der Waals surface area contributed by atoms with Crippen LogP contribution in [-0.2, 0) is 0 Å². The first-order valence-electron chi connectivity index (χ1n) is 7.37. The minimum absolute atomic E-state index is 0.0560. The Labute approximate surface area is 111 Å². The smallest absolute Gasteiger partial charge is 0.317 e. The van der Waals surface area contributed by atoms with E-state index in [2.05, 4.69) is 19.2 Å². The fourth-order valence-corrected chi connectivity index (χ4v) is 2.52. The molecule has 0 saturated carbocycles. The van der Waals surface area contributed by atoms with Crippen LogP contribution in [-0.4, -0.2) is 41.8 Å². The van der Waals surface area contributed by atoms with Crippen molar-refractivity contribution in [2.75, 3.05) is 19.7 Å². The van der Waals surface area contributed by atoms with Crippen LogP contribution < -0.4 is 5.32 Å². The SMILES string of the molecule is CCCCC(CCC)NC(=O)N1CCC(CO)C1. The van der Waals surface area contributed by atoms with Crippen molar-refractivity contribution in [3.05, 3.63) is 0 Å². The molecule has 0 bridgehead atoms. The Kier molecular flexibility index (Phi) is 7.09. The zero-order valence-corrected chi connectivity index (χ0v) is 11.8. The minimum Gasteiger partial charge on any atom is -0.396 e. The van der Waals surface area contributed by atoms with Gasteiger partial charge < -0.3 is 15.3 Å². The molecule has 0 aromatic carbocycles. The van der Waals surface area contributed by atoms with Crippen LogP contribution in [0.15, 0.2) is 0 Å². The molecule has 1 aliphatic rings. The van der Waals surface area contributed by atoms with E-state index in [9.17, 15) is 4.79 Å². The molecule has 4 heteroatoms. The van der Waals surface area contributed by atoms with E-state index in [1.54, 1.807) is 0 Å². The van der Waals surface area contributed by atoms with Gasteiger partial charge in [-0.25, -0.2) is 4.79 Å². The summed E-state index contributed by atoms with van der Waals surface area (Å²) in [4.78, 5) is 13.9. The van der Waals surface area contributed by atoms with Gasteiger partial charge in [0.2, 0.25) is 0 Å². The number of urea groups is 1. The Morgan fingerprint density at radius 3 is 2.72 bits per heavy atom. The molecular formula is C14H28N2O2. The number of amides is 2. The van der Waals surface area contributed by atoms with Crippen LogP contribution in [0.4, 0.5) is 4.79 Å². The lowest BCUT2D eigenvalue weighted by Crippen LogP contribution is -2.44. The van der Waals surface area contributed by atoms with Crippen molar-refractivity contribution in [2.24, 2.45) is 5.92 Å². The predicted molar refractivity (Wildman–Crippen MR) is 73.5 cm³/mol. The van der Waals surface area contributed by atoms with Crippen molar-refractivity contribution in [1.82, 2.24) is 10.2 Å². The maximum Gasteiger partial charge on any atom is 0.317 e. The molecule has 2 unspecified atom stereocenters. The number of aliphatic hydroxyl groups excluding tert-OH is 1. The van der Waals surface area contributed by atoms with Gasteiger partial charge in [0.1, 0.15) is 0 Å². The molecule has 0 aromatic rings. The van der Waals surface area contributed by atoms with Gasteiger partial charge in [-0.3, -0.25) is 0 Å². The van der Waals surface area contributed by atoms with Crippen LogP contribution in [0.2, 0.25) is 0 Å². The van der Waals surface area contributed by atoms with Gasteiger partial charge >= 0.3 is 6.03 Å². The van der Waals surface area contributed by atoms with E-state index in [1.165, 1.54) is 12.8 Å². The lowest BCUT2D eigenvalue weighted by atomic mass is 10.1. The molecule has 0 aliphatic carbocycles. The molecule has 1 saturated heterocycles. The number of carbonyl (C=O) groups is 1. The second-order valence-corrected chi connectivity index (χ2v) is 5.36. The number of hydrogen-bond donors (Lipinski definition) is 2. The Morgan fingerprint density at radius 1 is 1.39 bits per heavy atom. The van der Waals surface area contributed by atoms with E-state index in [0.717, 1.165) is 32.2 Å². The van der Waals surface area contributed by atoms with Gasteiger partial charge in [-0.2, -0.15) is 0 Å². The third-order valence-electron chi connectivity index (χ3n) is 3.70. The fraction of sp³-hybridized carbons (Fsp3) is 0.929. The van der Waals surface area contributed by atoms with Gasteiger partial charge in [0, 0.05) is 31.7 Å². The normalized spacial score (nSPS) is 21.1. The number of unbranched alkanes of at least 4 members (excludes halogenated alkanes) is 1. The summed E-state index contributed by atoms with van der Waals surface area (Å²) >= 11 is 0. The first-order valence-corrected chi connectivity index (χ1v) is 7.37. The average Bonchev–Trinajstić information content (AvgIpc) is 2.85. The number of likely N-dealkylation sites (tertiary alicyclic amines) is 1. The molecule has 2 atom stereocenters. The third kappa shape index (κ3) is 4.84. The van der Waals surface area contributed by atoms with Crippen LogP contribution in [0.3, 0.4) is 0 Å². The first-order chi connectivity index (χ1) is 8.71. The van der Waals surface area contributed by atoms with Gasteiger partial charge in [0.25, 0.3) is 0 Å². The van der Waals surface area contributed by atoms with Crippen LogP contribution in [0.25, 0.3) is 0 Å². The van der Waals surface area contributed by atoms with Crippen molar-refractivity contribution in [3.63, 3.8) is 0 Å². The Balaban J connectivity index is 2.35. The number of rotatable bonds is 7. The molecule has 1 rings (SSSR count). The van der Waals surface area contributed by atoms with Crippen molar-refractivity contribution in [1.29, 1.82) is 0 Å². The fourth-order valence-electron chi connectivity index (χ4n) is 2.52. The molecule has 0 spiro atoms.